The van der Waals surface area contributed by atoms with Gasteiger partial charge in [0.1, 0.15) is 5.75 Å². The van der Waals surface area contributed by atoms with Crippen LogP contribution in [0.2, 0.25) is 5.02 Å². The number of nitrogens with zero attached hydrogens (tertiary/aromatic N) is 3. The Kier molecular flexibility index (Phi) is 5.44. The first-order valence-electron chi connectivity index (χ1n) is 9.07. The first kappa shape index (κ1) is 19.0. The third-order valence-electron chi connectivity index (χ3n) is 4.28. The van der Waals surface area contributed by atoms with E-state index in [1.165, 1.54) is 0 Å². The van der Waals surface area contributed by atoms with Crippen LogP contribution >= 0.6 is 11.6 Å². The molecule has 6 nitrogen and oxygen atoms in total. The summed E-state index contributed by atoms with van der Waals surface area (Å²) in [6.07, 6.45) is 0. The molecule has 0 fully saturated rings. The summed E-state index contributed by atoms with van der Waals surface area (Å²) in [4.78, 5) is 9.11. The average Bonchev–Trinajstić information content (AvgIpc) is 3.24. The van der Waals surface area contributed by atoms with E-state index >= 15 is 0 Å². The third kappa shape index (κ3) is 3.93. The Bertz CT molecular complexity index is 1130. The zero-order chi connectivity index (χ0) is 20.2. The van der Waals surface area contributed by atoms with Crippen LogP contribution in [0.5, 0.6) is 11.6 Å². The van der Waals surface area contributed by atoms with Crippen LogP contribution in [-0.4, -0.2) is 28.8 Å². The molecule has 0 unspecified atom stereocenters. The van der Waals surface area contributed by atoms with Gasteiger partial charge in [-0.05, 0) is 43.3 Å². The van der Waals surface area contributed by atoms with Crippen molar-refractivity contribution < 1.29 is 14.0 Å². The van der Waals surface area contributed by atoms with E-state index in [0.29, 0.717) is 40.5 Å². The van der Waals surface area contributed by atoms with E-state index in [9.17, 15) is 0 Å². The van der Waals surface area contributed by atoms with Crippen molar-refractivity contribution in [2.24, 2.45) is 0 Å². The lowest BCUT2D eigenvalue weighted by Gasteiger charge is -2.07. The maximum absolute atomic E-state index is 5.97. The summed E-state index contributed by atoms with van der Waals surface area (Å²) in [7, 11) is 1.56. The molecule has 0 saturated carbocycles. The van der Waals surface area contributed by atoms with Crippen LogP contribution < -0.4 is 9.47 Å². The summed E-state index contributed by atoms with van der Waals surface area (Å²) in [6.45, 7) is 2.47. The smallest absolute Gasteiger partial charge is 0.262 e. The lowest BCUT2D eigenvalue weighted by atomic mass is 10.1. The minimum Gasteiger partial charge on any atom is -0.493 e. The van der Waals surface area contributed by atoms with Crippen LogP contribution in [-0.2, 0) is 0 Å². The lowest BCUT2D eigenvalue weighted by Crippen LogP contribution is -1.95. The van der Waals surface area contributed by atoms with E-state index in [0.717, 1.165) is 16.8 Å². The van der Waals surface area contributed by atoms with Gasteiger partial charge in [-0.1, -0.05) is 41.0 Å². The highest BCUT2D eigenvalue weighted by atomic mass is 35.5. The van der Waals surface area contributed by atoms with E-state index in [4.69, 9.17) is 25.6 Å². The monoisotopic (exact) mass is 407 g/mol. The van der Waals surface area contributed by atoms with Crippen LogP contribution in [0.1, 0.15) is 6.92 Å². The molecular weight excluding hydrogens is 390 g/mol. The number of hydrogen-bond donors (Lipinski definition) is 0. The van der Waals surface area contributed by atoms with Gasteiger partial charge in [0.2, 0.25) is 11.7 Å². The van der Waals surface area contributed by atoms with Crippen molar-refractivity contribution >= 4 is 11.6 Å². The molecule has 0 aliphatic rings. The molecule has 29 heavy (non-hydrogen) atoms. The van der Waals surface area contributed by atoms with Crippen LogP contribution in [0.4, 0.5) is 0 Å². The number of rotatable bonds is 6. The minimum absolute atomic E-state index is 0.368. The predicted molar refractivity (Wildman–Crippen MR) is 111 cm³/mol. The molecule has 7 heteroatoms. The summed E-state index contributed by atoms with van der Waals surface area (Å²) < 4.78 is 16.6. The van der Waals surface area contributed by atoms with Crippen molar-refractivity contribution in [2.45, 2.75) is 6.92 Å². The van der Waals surface area contributed by atoms with E-state index in [1.54, 1.807) is 7.11 Å². The first-order valence-corrected chi connectivity index (χ1v) is 9.44. The van der Waals surface area contributed by atoms with Crippen LogP contribution in [0.25, 0.3) is 34.1 Å². The van der Waals surface area contributed by atoms with Crippen molar-refractivity contribution in [1.82, 2.24) is 15.1 Å². The Labute approximate surface area is 173 Å². The molecule has 0 aliphatic heterocycles. The number of hydrogen-bond acceptors (Lipinski definition) is 6. The molecule has 0 amide bonds. The number of methoxy groups -OCH3 is 1. The Morgan fingerprint density at radius 1 is 0.931 bits per heavy atom. The fourth-order valence-corrected chi connectivity index (χ4v) is 3.04. The fourth-order valence-electron chi connectivity index (χ4n) is 2.91. The molecule has 0 spiro atoms. The fraction of sp³-hybridized carbons (Fsp3) is 0.136. The van der Waals surface area contributed by atoms with Gasteiger partial charge in [0, 0.05) is 10.6 Å². The molecule has 0 radical (unpaired) electrons. The SMILES string of the molecule is CCOc1ccccc1-c1nc(-c2ccc(-c3ccc(Cl)cc3)nc2OC)no1. The van der Waals surface area contributed by atoms with Crippen molar-refractivity contribution in [3.63, 3.8) is 0 Å². The Morgan fingerprint density at radius 2 is 1.72 bits per heavy atom. The van der Waals surface area contributed by atoms with Gasteiger partial charge in [-0.3, -0.25) is 0 Å². The summed E-state index contributed by atoms with van der Waals surface area (Å²) in [5.74, 6) is 1.85. The second-order valence-electron chi connectivity index (χ2n) is 6.11. The molecular formula is C22H18ClN3O3. The Balaban J connectivity index is 1.70. The maximum atomic E-state index is 5.97. The van der Waals surface area contributed by atoms with Gasteiger partial charge in [0.05, 0.1) is 30.5 Å². The highest BCUT2D eigenvalue weighted by molar-refractivity contribution is 6.30. The Hall–Kier alpha value is -3.38. The van der Waals surface area contributed by atoms with Gasteiger partial charge < -0.3 is 14.0 Å². The predicted octanol–water partition coefficient (Wildman–Crippen LogP) is 5.53. The van der Waals surface area contributed by atoms with Crippen molar-refractivity contribution in [3.05, 3.63) is 65.7 Å². The molecule has 2 heterocycles. The number of halogens is 1. The number of ether oxygens (including phenoxy) is 2. The van der Waals surface area contributed by atoms with E-state index in [1.807, 2.05) is 67.6 Å². The van der Waals surface area contributed by atoms with Gasteiger partial charge in [0.25, 0.3) is 5.89 Å². The topological polar surface area (TPSA) is 70.3 Å². The standard InChI is InChI=1S/C22H18ClN3O3/c1-3-28-19-7-5-4-6-16(19)22-25-20(26-29-22)17-12-13-18(24-21(17)27-2)14-8-10-15(23)11-9-14/h4-13H,3H2,1-2H3. The molecule has 146 valence electrons. The zero-order valence-electron chi connectivity index (χ0n) is 15.9. The lowest BCUT2D eigenvalue weighted by molar-refractivity contribution is 0.339. The van der Waals surface area contributed by atoms with Gasteiger partial charge in [-0.25, -0.2) is 4.98 Å². The first-order chi connectivity index (χ1) is 14.2. The highest BCUT2D eigenvalue weighted by Crippen LogP contribution is 2.33. The Morgan fingerprint density at radius 3 is 2.48 bits per heavy atom. The summed E-state index contributed by atoms with van der Waals surface area (Å²) >= 11 is 5.97. The molecule has 0 N–H and O–H groups in total. The molecule has 4 rings (SSSR count). The van der Waals surface area contributed by atoms with Crippen LogP contribution in [0.15, 0.2) is 65.2 Å². The summed E-state index contributed by atoms with van der Waals surface area (Å²) in [6, 6.07) is 18.7. The molecule has 0 saturated heterocycles. The zero-order valence-corrected chi connectivity index (χ0v) is 16.7. The molecule has 0 atom stereocenters. The molecule has 2 aromatic heterocycles. The number of pyridine rings is 1. The number of aromatic nitrogens is 3. The second kappa shape index (κ2) is 8.32. The van der Waals surface area contributed by atoms with Crippen LogP contribution in [0.3, 0.4) is 0 Å². The number of benzene rings is 2. The van der Waals surface area contributed by atoms with E-state index < -0.39 is 0 Å². The molecule has 2 aromatic carbocycles. The number of para-hydroxylation sites is 1. The third-order valence-corrected chi connectivity index (χ3v) is 4.53. The van der Waals surface area contributed by atoms with E-state index in [2.05, 4.69) is 15.1 Å². The minimum atomic E-state index is 0.368. The normalized spacial score (nSPS) is 10.7. The quantitative estimate of drug-likeness (QED) is 0.418. The van der Waals surface area contributed by atoms with Gasteiger partial charge in [0.15, 0.2) is 0 Å². The molecule has 0 bridgehead atoms. The van der Waals surface area contributed by atoms with Crippen molar-refractivity contribution in [1.29, 1.82) is 0 Å². The van der Waals surface area contributed by atoms with Gasteiger partial charge in [-0.2, -0.15) is 4.98 Å². The summed E-state index contributed by atoms with van der Waals surface area (Å²) in [5, 5.41) is 4.78. The van der Waals surface area contributed by atoms with Gasteiger partial charge >= 0.3 is 0 Å². The summed E-state index contributed by atoms with van der Waals surface area (Å²) in [5.41, 5.74) is 3.05. The largest absolute Gasteiger partial charge is 0.493 e. The van der Waals surface area contributed by atoms with E-state index in [-0.39, 0.29) is 0 Å². The molecule has 4 aromatic rings. The second-order valence-corrected chi connectivity index (χ2v) is 6.55. The van der Waals surface area contributed by atoms with Crippen molar-refractivity contribution in [3.8, 4) is 45.7 Å². The maximum Gasteiger partial charge on any atom is 0.262 e. The average molecular weight is 408 g/mol. The highest BCUT2D eigenvalue weighted by Gasteiger charge is 2.18. The molecule has 0 aliphatic carbocycles. The van der Waals surface area contributed by atoms with Gasteiger partial charge in [-0.15, -0.1) is 0 Å². The van der Waals surface area contributed by atoms with Crippen molar-refractivity contribution in [2.75, 3.05) is 13.7 Å². The van der Waals surface area contributed by atoms with Crippen LogP contribution in [0, 0.1) is 0 Å².